The molecule has 0 aliphatic heterocycles. The lowest BCUT2D eigenvalue weighted by Gasteiger charge is -2.32. The van der Waals surface area contributed by atoms with E-state index in [4.69, 9.17) is 29.0 Å². The Bertz CT molecular complexity index is 439. The van der Waals surface area contributed by atoms with E-state index in [9.17, 15) is 0 Å². The predicted octanol–water partition coefficient (Wildman–Crippen LogP) is 4.05. The minimum absolute atomic E-state index is 0.425. The van der Waals surface area contributed by atoms with Gasteiger partial charge in [-0.1, -0.05) is 49.4 Å². The average Bonchev–Trinajstić information content (AvgIpc) is 2.42. The van der Waals surface area contributed by atoms with E-state index in [2.05, 4.69) is 22.7 Å². The minimum Gasteiger partial charge on any atom is -0.366 e. The van der Waals surface area contributed by atoms with Gasteiger partial charge in [-0.15, -0.1) is 0 Å². The standard InChI is InChI=1S/C13H20Cl2N4/c1-2-8-5-3-4-6-11(8)17-12-9(14)7-10(15)13(18-12)19-16/h7-8,11H,2-6,16H2,1H3,(H2,17,18,19). The van der Waals surface area contributed by atoms with Crippen molar-refractivity contribution in [3.05, 3.63) is 16.1 Å². The van der Waals surface area contributed by atoms with Crippen molar-refractivity contribution in [2.24, 2.45) is 11.8 Å². The van der Waals surface area contributed by atoms with Crippen LogP contribution in [0.5, 0.6) is 0 Å². The summed E-state index contributed by atoms with van der Waals surface area (Å²) in [5.41, 5.74) is 2.48. The predicted molar refractivity (Wildman–Crippen MR) is 81.7 cm³/mol. The summed E-state index contributed by atoms with van der Waals surface area (Å²) >= 11 is 12.2. The van der Waals surface area contributed by atoms with Crippen molar-refractivity contribution in [2.75, 3.05) is 10.7 Å². The van der Waals surface area contributed by atoms with E-state index in [0.717, 1.165) is 6.42 Å². The van der Waals surface area contributed by atoms with Crippen molar-refractivity contribution < 1.29 is 0 Å². The highest BCUT2D eigenvalue weighted by Gasteiger charge is 2.24. The highest BCUT2D eigenvalue weighted by atomic mass is 35.5. The molecule has 19 heavy (non-hydrogen) atoms. The second-order valence-corrected chi connectivity index (χ2v) is 5.81. The van der Waals surface area contributed by atoms with E-state index in [0.29, 0.717) is 33.6 Å². The highest BCUT2D eigenvalue weighted by molar-refractivity contribution is 6.37. The molecule has 1 aromatic heterocycles. The Morgan fingerprint density at radius 2 is 1.95 bits per heavy atom. The summed E-state index contributed by atoms with van der Waals surface area (Å²) in [4.78, 5) is 4.34. The van der Waals surface area contributed by atoms with E-state index in [1.807, 2.05) is 0 Å². The Morgan fingerprint density at radius 3 is 2.63 bits per heavy atom. The van der Waals surface area contributed by atoms with Gasteiger partial charge in [-0.05, 0) is 24.8 Å². The second-order valence-electron chi connectivity index (χ2n) is 5.00. The van der Waals surface area contributed by atoms with Crippen LogP contribution in [-0.2, 0) is 0 Å². The van der Waals surface area contributed by atoms with Gasteiger partial charge < -0.3 is 10.7 Å². The number of hydrogen-bond donors (Lipinski definition) is 3. The average molecular weight is 303 g/mol. The summed E-state index contributed by atoms with van der Waals surface area (Å²) in [5.74, 6) is 7.16. The Hall–Kier alpha value is -0.710. The number of aromatic nitrogens is 1. The molecule has 0 saturated heterocycles. The van der Waals surface area contributed by atoms with Gasteiger partial charge in [0, 0.05) is 6.04 Å². The van der Waals surface area contributed by atoms with Crippen molar-refractivity contribution in [1.82, 2.24) is 4.98 Å². The molecule has 2 rings (SSSR count). The largest absolute Gasteiger partial charge is 0.366 e. The molecular formula is C13H20Cl2N4. The molecular weight excluding hydrogens is 283 g/mol. The monoisotopic (exact) mass is 302 g/mol. The van der Waals surface area contributed by atoms with Crippen LogP contribution in [0, 0.1) is 5.92 Å². The van der Waals surface area contributed by atoms with Crippen molar-refractivity contribution in [1.29, 1.82) is 0 Å². The second kappa shape index (κ2) is 6.64. The van der Waals surface area contributed by atoms with Crippen LogP contribution in [-0.4, -0.2) is 11.0 Å². The minimum atomic E-state index is 0.425. The smallest absolute Gasteiger partial charge is 0.161 e. The van der Waals surface area contributed by atoms with Crippen LogP contribution in [0.2, 0.25) is 10.0 Å². The molecule has 1 heterocycles. The normalized spacial score (nSPS) is 23.2. The van der Waals surface area contributed by atoms with Crippen LogP contribution in [0.3, 0.4) is 0 Å². The molecule has 1 aliphatic carbocycles. The van der Waals surface area contributed by atoms with Crippen LogP contribution in [0.25, 0.3) is 0 Å². The Balaban J connectivity index is 2.17. The summed E-state index contributed by atoms with van der Waals surface area (Å²) in [7, 11) is 0. The number of nitrogens with zero attached hydrogens (tertiary/aromatic N) is 1. The zero-order valence-electron chi connectivity index (χ0n) is 11.0. The fourth-order valence-corrected chi connectivity index (χ4v) is 3.20. The molecule has 106 valence electrons. The van der Waals surface area contributed by atoms with E-state index in [1.165, 1.54) is 25.7 Å². The van der Waals surface area contributed by atoms with Crippen LogP contribution in [0.1, 0.15) is 39.0 Å². The Kier molecular flexibility index (Phi) is 5.13. The van der Waals surface area contributed by atoms with Gasteiger partial charge in [-0.25, -0.2) is 10.8 Å². The van der Waals surface area contributed by atoms with Gasteiger partial charge in [0.05, 0.1) is 10.0 Å². The third-order valence-corrected chi connectivity index (χ3v) is 4.40. The molecule has 0 amide bonds. The van der Waals surface area contributed by atoms with Crippen molar-refractivity contribution in [3.63, 3.8) is 0 Å². The number of anilines is 2. The number of nitrogen functional groups attached to an aromatic ring is 1. The van der Waals surface area contributed by atoms with Crippen molar-refractivity contribution in [3.8, 4) is 0 Å². The maximum Gasteiger partial charge on any atom is 0.161 e. The fourth-order valence-electron chi connectivity index (χ4n) is 2.73. The van der Waals surface area contributed by atoms with Crippen LogP contribution >= 0.6 is 23.2 Å². The maximum atomic E-state index is 6.19. The summed E-state index contributed by atoms with van der Waals surface area (Å²) < 4.78 is 0. The summed E-state index contributed by atoms with van der Waals surface area (Å²) in [6, 6.07) is 2.09. The molecule has 0 bridgehead atoms. The molecule has 4 N–H and O–H groups in total. The number of rotatable bonds is 4. The molecule has 1 fully saturated rings. The van der Waals surface area contributed by atoms with Gasteiger partial charge in [-0.2, -0.15) is 0 Å². The lowest BCUT2D eigenvalue weighted by atomic mass is 9.83. The van der Waals surface area contributed by atoms with Crippen molar-refractivity contribution >= 4 is 34.8 Å². The van der Waals surface area contributed by atoms with E-state index in [-0.39, 0.29) is 0 Å². The number of nitrogens with two attached hydrogens (primary N) is 1. The molecule has 2 unspecified atom stereocenters. The summed E-state index contributed by atoms with van der Waals surface area (Å²) in [5, 5.41) is 4.41. The maximum absolute atomic E-state index is 6.19. The third-order valence-electron chi connectivity index (χ3n) is 3.82. The first-order valence-electron chi connectivity index (χ1n) is 6.75. The van der Waals surface area contributed by atoms with Gasteiger partial charge in [0.25, 0.3) is 0 Å². The third kappa shape index (κ3) is 3.44. The molecule has 1 saturated carbocycles. The molecule has 6 heteroatoms. The Labute approximate surface area is 124 Å². The molecule has 4 nitrogen and oxygen atoms in total. The number of halogens is 2. The van der Waals surface area contributed by atoms with E-state index >= 15 is 0 Å². The topological polar surface area (TPSA) is 63.0 Å². The lowest BCUT2D eigenvalue weighted by molar-refractivity contribution is 0.317. The number of pyridine rings is 1. The van der Waals surface area contributed by atoms with Crippen LogP contribution in [0.15, 0.2) is 6.07 Å². The van der Waals surface area contributed by atoms with E-state index in [1.54, 1.807) is 6.07 Å². The first-order valence-corrected chi connectivity index (χ1v) is 7.50. The van der Waals surface area contributed by atoms with Gasteiger partial charge in [0.15, 0.2) is 5.82 Å². The fraction of sp³-hybridized carbons (Fsp3) is 0.615. The molecule has 0 spiro atoms. The van der Waals surface area contributed by atoms with Crippen molar-refractivity contribution in [2.45, 2.75) is 45.1 Å². The number of hydrazine groups is 1. The summed E-state index contributed by atoms with van der Waals surface area (Å²) in [6.07, 6.45) is 6.16. The molecule has 0 radical (unpaired) electrons. The van der Waals surface area contributed by atoms with Gasteiger partial charge in [0.1, 0.15) is 5.82 Å². The molecule has 1 aliphatic rings. The SMILES string of the molecule is CCC1CCCCC1Nc1nc(NN)c(Cl)cc1Cl. The van der Waals surface area contributed by atoms with Crippen LogP contribution < -0.4 is 16.6 Å². The molecule has 2 atom stereocenters. The number of hydrogen-bond acceptors (Lipinski definition) is 4. The molecule has 0 aromatic carbocycles. The van der Waals surface area contributed by atoms with Gasteiger partial charge >= 0.3 is 0 Å². The highest BCUT2D eigenvalue weighted by Crippen LogP contribution is 2.33. The van der Waals surface area contributed by atoms with Gasteiger partial charge in [0.2, 0.25) is 0 Å². The zero-order chi connectivity index (χ0) is 13.8. The number of nitrogens with one attached hydrogen (secondary N) is 2. The molecule has 1 aromatic rings. The summed E-state index contributed by atoms with van der Waals surface area (Å²) in [6.45, 7) is 2.23. The first-order chi connectivity index (χ1) is 9.15. The van der Waals surface area contributed by atoms with Crippen LogP contribution in [0.4, 0.5) is 11.6 Å². The quantitative estimate of drug-likeness (QED) is 0.580. The van der Waals surface area contributed by atoms with Gasteiger partial charge in [-0.3, -0.25) is 0 Å². The first kappa shape index (κ1) is 14.7. The Morgan fingerprint density at radius 1 is 1.26 bits per heavy atom. The van der Waals surface area contributed by atoms with E-state index < -0.39 is 0 Å². The zero-order valence-corrected chi connectivity index (χ0v) is 12.6. The lowest BCUT2D eigenvalue weighted by Crippen LogP contribution is -2.32.